The van der Waals surface area contributed by atoms with Crippen molar-refractivity contribution in [2.24, 2.45) is 0 Å². The Bertz CT molecular complexity index is 1660. The van der Waals surface area contributed by atoms with Crippen LogP contribution in [0.1, 0.15) is 40.8 Å². The summed E-state index contributed by atoms with van der Waals surface area (Å²) in [5.41, 5.74) is 5.23. The number of hydrogen-bond acceptors (Lipinski definition) is 6. The quantitative estimate of drug-likeness (QED) is 0.212. The van der Waals surface area contributed by atoms with Crippen molar-refractivity contribution in [3.8, 4) is 0 Å². The number of hydrogen-bond donors (Lipinski definition) is 2. The first-order valence-electron chi connectivity index (χ1n) is 14.3. The molecule has 11 heteroatoms. The lowest BCUT2D eigenvalue weighted by atomic mass is 9.89. The number of aromatic nitrogens is 2. The molecule has 1 amide bonds. The van der Waals surface area contributed by atoms with Gasteiger partial charge in [-0.05, 0) is 99.5 Å². The minimum Gasteiger partial charge on any atom is -0.465 e. The molecule has 0 bridgehead atoms. The van der Waals surface area contributed by atoms with Crippen molar-refractivity contribution < 1.29 is 14.3 Å². The average molecular weight is 638 g/mol. The second kappa shape index (κ2) is 13.0. The third kappa shape index (κ3) is 6.75. The zero-order chi connectivity index (χ0) is 31.7. The van der Waals surface area contributed by atoms with E-state index in [0.717, 1.165) is 41.9 Å². The number of likely N-dealkylation sites (N-methyl/N-ethyl adjacent to an activating group) is 1. The van der Waals surface area contributed by atoms with Crippen LogP contribution in [0.15, 0.2) is 60.8 Å². The Kier molecular flexibility index (Phi) is 9.29. The first kappa shape index (κ1) is 31.5. The molecule has 2 atom stereocenters. The van der Waals surface area contributed by atoms with Crippen LogP contribution in [0, 0.1) is 26.6 Å². The molecule has 1 fully saturated rings. The monoisotopic (exact) mass is 636 g/mol. The molecule has 44 heavy (non-hydrogen) atoms. The molecule has 5 rings (SSSR count). The highest BCUT2D eigenvalue weighted by atomic mass is 35.5. The summed E-state index contributed by atoms with van der Waals surface area (Å²) in [6, 6.07) is 15.0. The van der Waals surface area contributed by atoms with Crippen LogP contribution in [-0.2, 0) is 0 Å². The highest BCUT2D eigenvalue weighted by Gasteiger charge is 2.32. The number of carboxylic acid groups (broad SMARTS) is 1. The second-order valence-corrected chi connectivity index (χ2v) is 12.2. The van der Waals surface area contributed by atoms with E-state index in [1.54, 1.807) is 30.3 Å². The predicted molar refractivity (Wildman–Crippen MR) is 175 cm³/mol. The third-order valence-electron chi connectivity index (χ3n) is 8.07. The van der Waals surface area contributed by atoms with Crippen LogP contribution in [0.4, 0.5) is 32.3 Å². The SMILES string of the molecule is Cc1cc(C)c(C(c2cc(Cl)cc(Cl)c2)N(C(=O)O)c2ccnc(Nc3ccc(N4CCN(C)C(C)C4)c(F)c3)n2)c(C)c1. The summed E-state index contributed by atoms with van der Waals surface area (Å²) in [5, 5.41) is 14.4. The molecule has 0 saturated carbocycles. The number of nitrogens with zero attached hydrogens (tertiary/aromatic N) is 5. The van der Waals surface area contributed by atoms with Gasteiger partial charge in [0.05, 0.1) is 11.7 Å². The van der Waals surface area contributed by atoms with E-state index in [1.165, 1.54) is 23.2 Å². The van der Waals surface area contributed by atoms with Gasteiger partial charge in [-0.2, -0.15) is 4.98 Å². The van der Waals surface area contributed by atoms with Crippen molar-refractivity contribution in [3.63, 3.8) is 0 Å². The van der Waals surface area contributed by atoms with Crippen LogP contribution in [0.5, 0.6) is 0 Å². The maximum atomic E-state index is 15.3. The summed E-state index contributed by atoms with van der Waals surface area (Å²) in [5.74, 6) is -0.119. The second-order valence-electron chi connectivity index (χ2n) is 11.4. The molecule has 1 aromatic heterocycles. The molecule has 0 radical (unpaired) electrons. The summed E-state index contributed by atoms with van der Waals surface area (Å²) in [4.78, 5) is 27.3. The fourth-order valence-electron chi connectivity index (χ4n) is 5.92. The molecule has 230 valence electrons. The van der Waals surface area contributed by atoms with Crippen LogP contribution in [0.3, 0.4) is 0 Å². The fraction of sp³-hybridized carbons (Fsp3) is 0.303. The number of anilines is 4. The maximum absolute atomic E-state index is 15.3. The van der Waals surface area contributed by atoms with Crippen LogP contribution >= 0.6 is 23.2 Å². The van der Waals surface area contributed by atoms with Gasteiger partial charge in [0.1, 0.15) is 11.6 Å². The molecule has 1 aliphatic rings. The molecule has 3 aromatic carbocycles. The minimum atomic E-state index is -1.23. The van der Waals surface area contributed by atoms with Gasteiger partial charge in [0.25, 0.3) is 0 Å². The zero-order valence-corrected chi connectivity index (χ0v) is 26.8. The van der Waals surface area contributed by atoms with E-state index in [1.807, 2.05) is 37.8 Å². The molecule has 2 unspecified atom stereocenters. The van der Waals surface area contributed by atoms with Gasteiger partial charge in [-0.15, -0.1) is 0 Å². The normalized spacial score (nSPS) is 16.1. The number of amides is 1. The van der Waals surface area contributed by atoms with E-state index in [0.29, 0.717) is 33.0 Å². The minimum absolute atomic E-state index is 0.120. The van der Waals surface area contributed by atoms with Gasteiger partial charge in [-0.3, -0.25) is 0 Å². The van der Waals surface area contributed by atoms with Crippen LogP contribution in [-0.4, -0.2) is 58.8 Å². The average Bonchev–Trinajstić information content (AvgIpc) is 2.93. The molecule has 8 nitrogen and oxygen atoms in total. The van der Waals surface area contributed by atoms with E-state index in [9.17, 15) is 9.90 Å². The first-order chi connectivity index (χ1) is 20.9. The van der Waals surface area contributed by atoms with E-state index in [2.05, 4.69) is 34.2 Å². The summed E-state index contributed by atoms with van der Waals surface area (Å²) < 4.78 is 15.3. The molecule has 4 aromatic rings. The number of halogens is 3. The van der Waals surface area contributed by atoms with Gasteiger partial charge in [0.15, 0.2) is 0 Å². The van der Waals surface area contributed by atoms with Crippen molar-refractivity contribution in [1.82, 2.24) is 14.9 Å². The lowest BCUT2D eigenvalue weighted by Crippen LogP contribution is -2.50. The molecular formula is C33H35Cl2FN6O2. The fourth-order valence-corrected chi connectivity index (χ4v) is 6.47. The van der Waals surface area contributed by atoms with Crippen molar-refractivity contribution in [1.29, 1.82) is 0 Å². The molecule has 1 saturated heterocycles. The largest absolute Gasteiger partial charge is 0.465 e. The standard InChI is InChI=1S/C33H35Cl2FN6O2/c1-19-12-20(2)30(21(3)13-19)31(23-14-24(34)16-25(35)15-23)42(33(43)44)29-8-9-37-32(39-29)38-26-6-7-28(27(36)17-26)41-11-10-40(5)22(4)18-41/h6-9,12-17,22,31H,10-11,18H2,1-5H3,(H,43,44)(H,37,38,39). The highest BCUT2D eigenvalue weighted by molar-refractivity contribution is 6.34. The third-order valence-corrected chi connectivity index (χ3v) is 8.50. The number of aryl methyl sites for hydroxylation is 3. The van der Waals surface area contributed by atoms with E-state index >= 15 is 4.39 Å². The van der Waals surface area contributed by atoms with Gasteiger partial charge >= 0.3 is 6.09 Å². The van der Waals surface area contributed by atoms with E-state index in [4.69, 9.17) is 23.2 Å². The summed E-state index contributed by atoms with van der Waals surface area (Å²) in [7, 11) is 2.07. The Morgan fingerprint density at radius 1 is 1.05 bits per heavy atom. The van der Waals surface area contributed by atoms with Gasteiger partial charge in [0.2, 0.25) is 5.95 Å². The number of rotatable bonds is 7. The Hall–Kier alpha value is -3.92. The topological polar surface area (TPSA) is 84.8 Å². The number of benzene rings is 3. The van der Waals surface area contributed by atoms with Crippen LogP contribution in [0.2, 0.25) is 10.0 Å². The van der Waals surface area contributed by atoms with Gasteiger partial charge in [0, 0.05) is 47.6 Å². The van der Waals surface area contributed by atoms with Crippen LogP contribution < -0.4 is 15.1 Å². The number of nitrogens with one attached hydrogen (secondary N) is 1. The number of carbonyl (C=O) groups is 1. The first-order valence-corrected chi connectivity index (χ1v) is 15.1. The smallest absolute Gasteiger partial charge is 0.413 e. The Morgan fingerprint density at radius 2 is 1.73 bits per heavy atom. The van der Waals surface area contributed by atoms with Crippen molar-refractivity contribution in [2.45, 2.75) is 39.8 Å². The molecule has 2 heterocycles. The molecule has 0 aliphatic carbocycles. The molecule has 1 aliphatic heterocycles. The van der Waals surface area contributed by atoms with E-state index in [-0.39, 0.29) is 17.6 Å². The van der Waals surface area contributed by atoms with Gasteiger partial charge in [-0.25, -0.2) is 19.1 Å². The Morgan fingerprint density at radius 3 is 2.34 bits per heavy atom. The van der Waals surface area contributed by atoms with Crippen LogP contribution in [0.25, 0.3) is 0 Å². The van der Waals surface area contributed by atoms with Crippen molar-refractivity contribution in [2.75, 3.05) is 41.8 Å². The molecule has 2 N–H and O–H groups in total. The van der Waals surface area contributed by atoms with Gasteiger partial charge in [-0.1, -0.05) is 40.9 Å². The summed E-state index contributed by atoms with van der Waals surface area (Å²) >= 11 is 12.8. The number of piperazine rings is 1. The Labute approximate surface area is 267 Å². The lowest BCUT2D eigenvalue weighted by molar-refractivity contribution is 0.200. The Balaban J connectivity index is 1.51. The molecular weight excluding hydrogens is 602 g/mol. The summed E-state index contributed by atoms with van der Waals surface area (Å²) in [6.45, 7) is 10.3. The predicted octanol–water partition coefficient (Wildman–Crippen LogP) is 8.01. The van der Waals surface area contributed by atoms with Gasteiger partial charge < -0.3 is 20.2 Å². The van der Waals surface area contributed by atoms with Crippen molar-refractivity contribution >= 4 is 52.4 Å². The molecule has 0 spiro atoms. The zero-order valence-electron chi connectivity index (χ0n) is 25.3. The maximum Gasteiger partial charge on any atom is 0.413 e. The lowest BCUT2D eigenvalue weighted by Gasteiger charge is -2.39. The van der Waals surface area contributed by atoms with Crippen molar-refractivity contribution in [3.05, 3.63) is 104 Å². The summed E-state index contributed by atoms with van der Waals surface area (Å²) in [6.07, 6.45) is 0.236. The van der Waals surface area contributed by atoms with E-state index < -0.39 is 12.1 Å². The highest BCUT2D eigenvalue weighted by Crippen LogP contribution is 2.39.